The molecule has 0 spiro atoms. The first kappa shape index (κ1) is 19.5. The Morgan fingerprint density at radius 1 is 1.39 bits per heavy atom. The highest BCUT2D eigenvalue weighted by molar-refractivity contribution is 5.64. The van der Waals surface area contributed by atoms with Crippen molar-refractivity contribution in [2.24, 2.45) is 5.92 Å². The molecule has 1 N–H and O–H groups in total. The zero-order valence-corrected chi connectivity index (χ0v) is 13.6. The number of nitrogens with zero attached hydrogens (tertiary/aromatic N) is 1. The van der Waals surface area contributed by atoms with Crippen LogP contribution in [0.15, 0.2) is 29.5 Å². The molecule has 23 heavy (non-hydrogen) atoms. The summed E-state index contributed by atoms with van der Waals surface area (Å²) in [5.41, 5.74) is -1.29. The van der Waals surface area contributed by atoms with Gasteiger partial charge in [0.25, 0.3) is 0 Å². The maximum atomic E-state index is 13.1. The first-order valence-corrected chi connectivity index (χ1v) is 7.35. The van der Waals surface area contributed by atoms with Crippen molar-refractivity contribution in [3.05, 3.63) is 29.5 Å². The van der Waals surface area contributed by atoms with Crippen molar-refractivity contribution in [1.82, 2.24) is 5.06 Å². The van der Waals surface area contributed by atoms with Crippen LogP contribution in [0, 0.1) is 5.92 Å². The van der Waals surface area contributed by atoms with Crippen LogP contribution < -0.4 is 0 Å². The van der Waals surface area contributed by atoms with Crippen LogP contribution in [0.4, 0.5) is 13.2 Å². The van der Waals surface area contributed by atoms with Crippen LogP contribution in [0.5, 0.6) is 0 Å². The minimum atomic E-state index is -4.60. The van der Waals surface area contributed by atoms with Crippen LogP contribution in [0.2, 0.25) is 0 Å². The predicted molar refractivity (Wildman–Crippen MR) is 79.8 cm³/mol. The fraction of sp³-hybridized carbons (Fsp3) is 0.625. The number of aliphatic hydroxyl groups is 1. The van der Waals surface area contributed by atoms with E-state index in [1.807, 2.05) is 0 Å². The highest BCUT2D eigenvalue weighted by Crippen LogP contribution is 2.38. The van der Waals surface area contributed by atoms with Crippen molar-refractivity contribution in [2.75, 3.05) is 6.54 Å². The third-order valence-corrected chi connectivity index (χ3v) is 3.11. The van der Waals surface area contributed by atoms with Gasteiger partial charge in [0.2, 0.25) is 0 Å². The van der Waals surface area contributed by atoms with Gasteiger partial charge in [0.1, 0.15) is 11.9 Å². The second-order valence-corrected chi connectivity index (χ2v) is 6.30. The molecule has 1 aliphatic carbocycles. The molecule has 2 unspecified atom stereocenters. The molecule has 0 bridgehead atoms. The lowest BCUT2D eigenvalue weighted by molar-refractivity contribution is -0.216. The Bertz CT molecular complexity index is 526. The number of alkyl halides is 3. The third-order valence-electron chi connectivity index (χ3n) is 3.11. The molecule has 0 heterocycles. The smallest absolute Gasteiger partial charge is 0.391 e. The van der Waals surface area contributed by atoms with Crippen LogP contribution in [0.3, 0.4) is 0 Å². The Hall–Kier alpha value is -1.56. The van der Waals surface area contributed by atoms with Crippen molar-refractivity contribution in [3.8, 4) is 0 Å². The molecule has 1 rings (SSSR count). The summed E-state index contributed by atoms with van der Waals surface area (Å²) < 4.78 is 39.3. The van der Waals surface area contributed by atoms with E-state index < -0.39 is 29.4 Å². The molecule has 0 saturated heterocycles. The Labute approximate surface area is 133 Å². The molecule has 0 aromatic carbocycles. The molecule has 7 heteroatoms. The van der Waals surface area contributed by atoms with Gasteiger partial charge < -0.3 is 5.11 Å². The van der Waals surface area contributed by atoms with E-state index in [1.54, 1.807) is 27.7 Å². The first-order chi connectivity index (χ1) is 10.5. The highest BCUT2D eigenvalue weighted by atomic mass is 19.4. The molecule has 0 aromatic heterocycles. The Balaban J connectivity index is 3.20. The van der Waals surface area contributed by atoms with Gasteiger partial charge in [-0.3, -0.25) is 4.84 Å². The predicted octanol–water partition coefficient (Wildman–Crippen LogP) is 3.18. The van der Waals surface area contributed by atoms with E-state index in [4.69, 9.17) is 4.84 Å². The van der Waals surface area contributed by atoms with Gasteiger partial charge >= 0.3 is 6.18 Å². The summed E-state index contributed by atoms with van der Waals surface area (Å²) in [7, 11) is 0. The van der Waals surface area contributed by atoms with Crippen LogP contribution in [-0.4, -0.2) is 40.5 Å². The van der Waals surface area contributed by atoms with Gasteiger partial charge in [-0.1, -0.05) is 19.1 Å². The van der Waals surface area contributed by atoms with Crippen LogP contribution in [0.25, 0.3) is 0 Å². The number of aliphatic hydroxyl groups excluding tert-OH is 1. The number of carbonyl (C=O) groups excluding carboxylic acids is 1. The molecular formula is C16H22F3NO3. The average molecular weight is 333 g/mol. The van der Waals surface area contributed by atoms with E-state index in [0.29, 0.717) is 6.42 Å². The Kier molecular flexibility index (Phi) is 6.22. The zero-order chi connectivity index (χ0) is 17.8. The second kappa shape index (κ2) is 7.34. The summed E-state index contributed by atoms with van der Waals surface area (Å²) in [6.07, 6.45) is -1.52. The topological polar surface area (TPSA) is 49.8 Å². The van der Waals surface area contributed by atoms with E-state index in [9.17, 15) is 23.1 Å². The third kappa shape index (κ3) is 5.53. The SMILES string of the molecule is CCC(O)CN(OC(C)(C)C)C1=CC=CC(C(F)(F)F)C1=C=O. The minimum absolute atomic E-state index is 0.0350. The van der Waals surface area contributed by atoms with E-state index in [0.717, 1.165) is 11.1 Å². The molecule has 0 aromatic rings. The van der Waals surface area contributed by atoms with Gasteiger partial charge in [-0.2, -0.15) is 13.2 Å². The van der Waals surface area contributed by atoms with E-state index in [1.165, 1.54) is 18.1 Å². The van der Waals surface area contributed by atoms with Crippen molar-refractivity contribution in [1.29, 1.82) is 0 Å². The van der Waals surface area contributed by atoms with E-state index >= 15 is 0 Å². The molecule has 0 saturated carbocycles. The van der Waals surface area contributed by atoms with Gasteiger partial charge in [0.05, 0.1) is 29.5 Å². The fourth-order valence-corrected chi connectivity index (χ4v) is 2.05. The minimum Gasteiger partial charge on any atom is -0.391 e. The maximum Gasteiger partial charge on any atom is 0.399 e. The molecule has 4 nitrogen and oxygen atoms in total. The molecule has 2 atom stereocenters. The van der Waals surface area contributed by atoms with Gasteiger partial charge in [-0.25, -0.2) is 9.86 Å². The normalized spacial score (nSPS) is 20.1. The summed E-state index contributed by atoms with van der Waals surface area (Å²) in [5.74, 6) is -0.645. The van der Waals surface area contributed by atoms with Gasteiger partial charge in [0.15, 0.2) is 0 Å². The quantitative estimate of drug-likeness (QED) is 0.620. The summed E-state index contributed by atoms with van der Waals surface area (Å²) in [4.78, 5) is 16.8. The van der Waals surface area contributed by atoms with Crippen LogP contribution in [-0.2, 0) is 9.63 Å². The zero-order valence-electron chi connectivity index (χ0n) is 13.6. The maximum absolute atomic E-state index is 13.1. The molecule has 130 valence electrons. The molecule has 0 fully saturated rings. The number of hydrogen-bond donors (Lipinski definition) is 1. The Morgan fingerprint density at radius 3 is 2.43 bits per heavy atom. The summed E-state index contributed by atoms with van der Waals surface area (Å²) >= 11 is 0. The fourth-order valence-electron chi connectivity index (χ4n) is 2.05. The molecular weight excluding hydrogens is 311 g/mol. The largest absolute Gasteiger partial charge is 0.399 e. The monoisotopic (exact) mass is 333 g/mol. The summed E-state index contributed by atoms with van der Waals surface area (Å²) in [6, 6.07) is 0. The lowest BCUT2D eigenvalue weighted by atomic mass is 9.92. The Morgan fingerprint density at radius 2 is 2.00 bits per heavy atom. The van der Waals surface area contributed by atoms with Crippen molar-refractivity contribution < 1.29 is 27.9 Å². The van der Waals surface area contributed by atoms with Crippen molar-refractivity contribution in [2.45, 2.75) is 52.0 Å². The second-order valence-electron chi connectivity index (χ2n) is 6.30. The van der Waals surface area contributed by atoms with Crippen molar-refractivity contribution >= 4 is 5.94 Å². The lowest BCUT2D eigenvalue weighted by Crippen LogP contribution is -2.40. The molecule has 0 amide bonds. The first-order valence-electron chi connectivity index (χ1n) is 7.35. The van der Waals surface area contributed by atoms with E-state index in [2.05, 4.69) is 0 Å². The average Bonchev–Trinajstić information content (AvgIpc) is 2.43. The molecule has 1 aliphatic rings. The number of allylic oxidation sites excluding steroid dienone is 4. The number of hydrogen-bond acceptors (Lipinski definition) is 4. The van der Waals surface area contributed by atoms with Crippen LogP contribution in [0.1, 0.15) is 34.1 Å². The van der Waals surface area contributed by atoms with Gasteiger partial charge in [-0.15, -0.1) is 0 Å². The molecule has 0 aliphatic heterocycles. The molecule has 0 radical (unpaired) electrons. The number of halogens is 3. The number of hydroxylamine groups is 2. The lowest BCUT2D eigenvalue weighted by Gasteiger charge is -2.36. The number of rotatable bonds is 5. The van der Waals surface area contributed by atoms with Crippen LogP contribution >= 0.6 is 0 Å². The van der Waals surface area contributed by atoms with Gasteiger partial charge in [-0.05, 0) is 33.3 Å². The van der Waals surface area contributed by atoms with Gasteiger partial charge in [0, 0.05) is 0 Å². The standard InChI is InChI=1S/C16H22F3NO3/c1-5-11(22)9-20(23-15(2,3)4)14-8-6-7-13(12(14)10-21)16(17,18)19/h6-8,11,13,22H,5,9H2,1-4H3. The summed E-state index contributed by atoms with van der Waals surface area (Å²) in [6.45, 7) is 6.86. The highest BCUT2D eigenvalue weighted by Gasteiger charge is 2.44. The summed E-state index contributed by atoms with van der Waals surface area (Å²) in [5, 5.41) is 11.0. The van der Waals surface area contributed by atoms with E-state index in [-0.39, 0.29) is 12.2 Å². The van der Waals surface area contributed by atoms with Crippen molar-refractivity contribution in [3.63, 3.8) is 0 Å².